The quantitative estimate of drug-likeness (QED) is 0.149. The van der Waals surface area contributed by atoms with Crippen LogP contribution in [0, 0.1) is 11.3 Å². The molecule has 5 nitrogen and oxygen atoms in total. The third-order valence-corrected chi connectivity index (χ3v) is 19.4. The number of aromatic nitrogens is 2. The van der Waals surface area contributed by atoms with Crippen LogP contribution >= 0.6 is 0 Å². The zero-order valence-corrected chi connectivity index (χ0v) is 53.1. The van der Waals surface area contributed by atoms with Crippen LogP contribution in [-0.2, 0) is 16.2 Å². The summed E-state index contributed by atoms with van der Waals surface area (Å²) in [5.74, 6) is 0. The van der Waals surface area contributed by atoms with E-state index in [9.17, 15) is 5.26 Å². The second-order valence-corrected chi connectivity index (χ2v) is 28.1. The summed E-state index contributed by atoms with van der Waals surface area (Å²) in [7, 11) is 0. The molecule has 0 fully saturated rings. The highest BCUT2D eigenvalue weighted by Gasteiger charge is 2.45. The van der Waals surface area contributed by atoms with E-state index < -0.39 is 0 Å². The van der Waals surface area contributed by atoms with Crippen LogP contribution in [-0.4, -0.2) is 15.8 Å². The van der Waals surface area contributed by atoms with Gasteiger partial charge in [0.15, 0.2) is 0 Å². The molecule has 12 aromatic carbocycles. The summed E-state index contributed by atoms with van der Waals surface area (Å²) < 4.78 is 4.86. The molecule has 2 aromatic heterocycles. The summed E-state index contributed by atoms with van der Waals surface area (Å²) in [6.45, 7) is 20.7. The number of nitrogens with zero attached hydrogens (tertiary/aromatic N) is 5. The number of benzene rings is 12. The second-order valence-electron chi connectivity index (χ2n) is 28.1. The highest BCUT2D eigenvalue weighted by atomic mass is 15.2. The van der Waals surface area contributed by atoms with Gasteiger partial charge in [0.25, 0.3) is 6.71 Å². The zero-order valence-electron chi connectivity index (χ0n) is 53.1. The van der Waals surface area contributed by atoms with Crippen molar-refractivity contribution in [2.24, 2.45) is 0 Å². The van der Waals surface area contributed by atoms with Gasteiger partial charge < -0.3 is 18.9 Å². The van der Waals surface area contributed by atoms with Gasteiger partial charge >= 0.3 is 0 Å². The van der Waals surface area contributed by atoms with E-state index in [1.165, 1.54) is 65.7 Å². The Hall–Kier alpha value is -10.6. The van der Waals surface area contributed by atoms with Crippen LogP contribution in [0.4, 0.5) is 34.1 Å². The Kier molecular flexibility index (Phi) is 12.7. The van der Waals surface area contributed by atoms with Crippen molar-refractivity contribution >= 4 is 101 Å². The van der Waals surface area contributed by atoms with Gasteiger partial charge in [-0.3, -0.25) is 0 Å². The predicted molar refractivity (Wildman–Crippen MR) is 386 cm³/mol. The Morgan fingerprint density at radius 2 is 0.736 bits per heavy atom. The van der Waals surface area contributed by atoms with Gasteiger partial charge in [-0.05, 0) is 163 Å². The zero-order chi connectivity index (χ0) is 62.2. The Morgan fingerprint density at radius 3 is 1.24 bits per heavy atom. The van der Waals surface area contributed by atoms with Crippen LogP contribution in [0.15, 0.2) is 261 Å². The largest absolute Gasteiger partial charge is 0.311 e. The molecule has 16 rings (SSSR count). The normalized spacial score (nSPS) is 13.0. The Balaban J connectivity index is 1.00. The fraction of sp³-hybridized carbons (Fsp3) is 0.141. The predicted octanol–water partition coefficient (Wildman–Crippen LogP) is 20.7. The van der Waals surface area contributed by atoms with Gasteiger partial charge in [-0.25, -0.2) is 0 Å². The molecule has 6 heteroatoms. The molecular formula is C85H70BN5. The van der Waals surface area contributed by atoms with Crippen molar-refractivity contribution in [3.63, 3.8) is 0 Å². The fourth-order valence-electron chi connectivity index (χ4n) is 14.7. The molecule has 91 heavy (non-hydrogen) atoms. The molecule has 0 saturated heterocycles. The van der Waals surface area contributed by atoms with Gasteiger partial charge in [0, 0.05) is 72.4 Å². The molecule has 2 aliphatic rings. The SMILES string of the molecule is CC(C)(C)c1cc2c3c(c1)N(c1ccccc1-c1ccccc1)c1cc(-n4c5ccc(C(C)(C)C)cc5c5cc(C(C)(C)C)ccc54)ccc1B3c1ccc(-c3cc(-n4c5ccccc5c5ccccc54)ccc3C#N)cc1N2c1ccccc1-c1ccccc1. The third kappa shape index (κ3) is 8.96. The first kappa shape index (κ1) is 55.7. The van der Waals surface area contributed by atoms with E-state index in [-0.39, 0.29) is 23.0 Å². The lowest BCUT2D eigenvalue weighted by molar-refractivity contribution is 0.590. The molecule has 0 bridgehead atoms. The van der Waals surface area contributed by atoms with Gasteiger partial charge in [-0.1, -0.05) is 226 Å². The van der Waals surface area contributed by atoms with Gasteiger partial charge in [0.05, 0.1) is 45.1 Å². The van der Waals surface area contributed by atoms with Gasteiger partial charge in [0.1, 0.15) is 0 Å². The molecule has 4 heterocycles. The number of anilines is 6. The Bertz CT molecular complexity index is 5200. The van der Waals surface area contributed by atoms with Crippen LogP contribution in [0.1, 0.15) is 84.6 Å². The lowest BCUT2D eigenvalue weighted by atomic mass is 9.33. The maximum atomic E-state index is 11.2. The summed E-state index contributed by atoms with van der Waals surface area (Å²) >= 11 is 0. The van der Waals surface area contributed by atoms with Gasteiger partial charge in [0.2, 0.25) is 0 Å². The number of rotatable bonds is 7. The Morgan fingerprint density at radius 1 is 0.308 bits per heavy atom. The minimum absolute atomic E-state index is 0.0351. The standard InChI is InChI=1S/C85H70BN5/c1-83(2,3)58-38-44-76-68(47-58)69-48-59(84(4,5)6)39-45-77(69)89(76)62-41-43-71-79(52-62)91(73-33-21-17-29-64(73)55-26-14-11-15-27-55)81-50-60(85(7,8)9)49-80-82(81)86(71)70-42-37-56(46-78(70)90(80)72-32-20-16-28-63(72)54-24-12-10-13-25-54)67-51-61(40-36-57(67)53-87)88-74-34-22-18-30-65(74)66-31-19-23-35-75(66)88/h10-52H,1-9H3. The minimum Gasteiger partial charge on any atom is -0.311 e. The molecule has 14 aromatic rings. The van der Waals surface area contributed by atoms with Crippen molar-refractivity contribution in [1.29, 1.82) is 5.26 Å². The van der Waals surface area contributed by atoms with E-state index in [2.05, 4.69) is 342 Å². The number of fused-ring (bicyclic) bond motifs is 10. The molecule has 438 valence electrons. The lowest BCUT2D eigenvalue weighted by Crippen LogP contribution is -2.61. The summed E-state index contributed by atoms with van der Waals surface area (Å²) in [5.41, 5.74) is 27.6. The Labute approximate surface area is 534 Å². The highest BCUT2D eigenvalue weighted by Crippen LogP contribution is 2.51. The molecule has 0 N–H and O–H groups in total. The van der Waals surface area contributed by atoms with Crippen LogP contribution in [0.3, 0.4) is 0 Å². The van der Waals surface area contributed by atoms with E-state index in [0.29, 0.717) is 5.56 Å². The first-order valence-corrected chi connectivity index (χ1v) is 32.0. The van der Waals surface area contributed by atoms with Crippen molar-refractivity contribution < 1.29 is 0 Å². The molecule has 2 aliphatic heterocycles. The fourth-order valence-corrected chi connectivity index (χ4v) is 14.7. The van der Waals surface area contributed by atoms with Crippen LogP contribution in [0.2, 0.25) is 0 Å². The van der Waals surface area contributed by atoms with E-state index in [4.69, 9.17) is 0 Å². The summed E-state index contributed by atoms with van der Waals surface area (Å²) in [6.07, 6.45) is 0. The van der Waals surface area contributed by atoms with E-state index >= 15 is 0 Å². The summed E-state index contributed by atoms with van der Waals surface area (Å²) in [4.78, 5) is 5.17. The smallest absolute Gasteiger partial charge is 0.252 e. The molecule has 0 atom stereocenters. The first-order valence-electron chi connectivity index (χ1n) is 32.0. The number of nitriles is 1. The van der Waals surface area contributed by atoms with Crippen molar-refractivity contribution in [2.45, 2.75) is 78.6 Å². The van der Waals surface area contributed by atoms with Crippen molar-refractivity contribution in [3.8, 4) is 50.8 Å². The van der Waals surface area contributed by atoms with E-state index in [0.717, 1.165) is 89.9 Å². The third-order valence-electron chi connectivity index (χ3n) is 19.4. The molecular weight excluding hydrogens is 1100 g/mol. The average Bonchev–Trinajstić information content (AvgIpc) is 1.27. The maximum Gasteiger partial charge on any atom is 0.252 e. The van der Waals surface area contributed by atoms with Crippen LogP contribution in [0.25, 0.3) is 88.4 Å². The van der Waals surface area contributed by atoms with Crippen LogP contribution < -0.4 is 26.2 Å². The highest BCUT2D eigenvalue weighted by molar-refractivity contribution is 7.00. The van der Waals surface area contributed by atoms with E-state index in [1.54, 1.807) is 0 Å². The van der Waals surface area contributed by atoms with Crippen molar-refractivity contribution in [2.75, 3.05) is 9.80 Å². The molecule has 0 unspecified atom stereocenters. The average molecular weight is 1170 g/mol. The molecule has 0 spiro atoms. The van der Waals surface area contributed by atoms with Crippen LogP contribution in [0.5, 0.6) is 0 Å². The number of hydrogen-bond acceptors (Lipinski definition) is 3. The number of para-hydroxylation sites is 4. The first-order chi connectivity index (χ1) is 44.0. The summed E-state index contributed by atoms with van der Waals surface area (Å²) in [5, 5.41) is 16.1. The second kappa shape index (κ2) is 20.7. The molecule has 0 aliphatic carbocycles. The lowest BCUT2D eigenvalue weighted by Gasteiger charge is -2.46. The molecule has 0 amide bonds. The topological polar surface area (TPSA) is 40.1 Å². The van der Waals surface area contributed by atoms with Gasteiger partial charge in [-0.15, -0.1) is 0 Å². The van der Waals surface area contributed by atoms with Crippen molar-refractivity contribution in [1.82, 2.24) is 9.13 Å². The van der Waals surface area contributed by atoms with E-state index in [1.807, 2.05) is 6.07 Å². The maximum absolute atomic E-state index is 11.2. The monoisotopic (exact) mass is 1170 g/mol. The molecule has 0 saturated carbocycles. The summed E-state index contributed by atoms with van der Waals surface area (Å²) in [6, 6.07) is 99.5. The van der Waals surface area contributed by atoms with Gasteiger partial charge in [-0.2, -0.15) is 5.26 Å². The minimum atomic E-state index is -0.268. The molecule has 0 radical (unpaired) electrons. The number of hydrogen-bond donors (Lipinski definition) is 0. The van der Waals surface area contributed by atoms with Crippen molar-refractivity contribution in [3.05, 3.63) is 283 Å².